The van der Waals surface area contributed by atoms with Gasteiger partial charge in [-0.2, -0.15) is 10.2 Å². The standard InChI is InChI=1S/C25H28N4O3/c1-18-8-9-23(19(2)14-18)31-17-24-28-21(15-26)25(32-24)27-16-22(20-6-4-3-5-7-20)29-10-12-30-13-11-29/h3-9,14,22,27H,10-13,16-17H2,1-2H3/t22-/m0/s1. The molecule has 7 heteroatoms. The molecule has 0 amide bonds. The molecule has 1 aliphatic rings. The van der Waals surface area contributed by atoms with Gasteiger partial charge in [0.05, 0.1) is 19.3 Å². The molecule has 4 rings (SSSR count). The van der Waals surface area contributed by atoms with Crippen LogP contribution in [0.25, 0.3) is 0 Å². The molecule has 0 unspecified atom stereocenters. The average Bonchev–Trinajstić information content (AvgIpc) is 3.22. The first kappa shape index (κ1) is 21.9. The Kier molecular flexibility index (Phi) is 7.05. The lowest BCUT2D eigenvalue weighted by Crippen LogP contribution is -2.41. The first-order chi connectivity index (χ1) is 15.6. The van der Waals surface area contributed by atoms with Gasteiger partial charge in [0.1, 0.15) is 11.8 Å². The highest BCUT2D eigenvalue weighted by atomic mass is 16.5. The Morgan fingerprint density at radius 2 is 1.94 bits per heavy atom. The number of benzene rings is 2. The van der Waals surface area contributed by atoms with Crippen LogP contribution in [0.15, 0.2) is 52.9 Å². The zero-order valence-electron chi connectivity index (χ0n) is 18.5. The van der Waals surface area contributed by atoms with Gasteiger partial charge >= 0.3 is 0 Å². The van der Waals surface area contributed by atoms with E-state index < -0.39 is 0 Å². The lowest BCUT2D eigenvalue weighted by atomic mass is 10.0. The number of morpholine rings is 1. The molecule has 1 aliphatic heterocycles. The molecule has 7 nitrogen and oxygen atoms in total. The topological polar surface area (TPSA) is 83.5 Å². The number of aromatic nitrogens is 1. The Hall–Kier alpha value is -3.34. The molecule has 32 heavy (non-hydrogen) atoms. The van der Waals surface area contributed by atoms with Crippen LogP contribution in [-0.4, -0.2) is 42.7 Å². The van der Waals surface area contributed by atoms with Crippen molar-refractivity contribution in [3.63, 3.8) is 0 Å². The number of nitrogens with one attached hydrogen (secondary N) is 1. The maximum atomic E-state index is 9.54. The maximum Gasteiger partial charge on any atom is 0.236 e. The van der Waals surface area contributed by atoms with E-state index in [-0.39, 0.29) is 18.3 Å². The van der Waals surface area contributed by atoms with Gasteiger partial charge in [0.25, 0.3) is 0 Å². The van der Waals surface area contributed by atoms with Gasteiger partial charge in [-0.05, 0) is 31.0 Å². The molecule has 2 aromatic carbocycles. The molecule has 3 aromatic rings. The number of oxazole rings is 1. The van der Waals surface area contributed by atoms with Crippen LogP contribution in [0.3, 0.4) is 0 Å². The Morgan fingerprint density at radius 3 is 2.66 bits per heavy atom. The Labute approximate surface area is 188 Å². The fourth-order valence-corrected chi connectivity index (χ4v) is 3.93. The number of aryl methyl sites for hydroxylation is 2. The zero-order valence-corrected chi connectivity index (χ0v) is 18.5. The third kappa shape index (κ3) is 5.28. The minimum absolute atomic E-state index is 0.131. The van der Waals surface area contributed by atoms with Crippen molar-refractivity contribution < 1.29 is 13.9 Å². The number of anilines is 1. The van der Waals surface area contributed by atoms with Crippen LogP contribution >= 0.6 is 0 Å². The highest BCUT2D eigenvalue weighted by Crippen LogP contribution is 2.25. The van der Waals surface area contributed by atoms with Crippen LogP contribution in [-0.2, 0) is 11.3 Å². The van der Waals surface area contributed by atoms with Crippen LogP contribution in [0, 0.1) is 25.2 Å². The van der Waals surface area contributed by atoms with Crippen molar-refractivity contribution in [2.75, 3.05) is 38.2 Å². The van der Waals surface area contributed by atoms with E-state index in [0.29, 0.717) is 18.3 Å². The largest absolute Gasteiger partial charge is 0.484 e. The van der Waals surface area contributed by atoms with Crippen molar-refractivity contribution in [3.8, 4) is 11.8 Å². The molecular formula is C25H28N4O3. The van der Waals surface area contributed by atoms with Crippen LogP contribution in [0.1, 0.15) is 34.3 Å². The monoisotopic (exact) mass is 432 g/mol. The number of hydrogen-bond donors (Lipinski definition) is 1. The highest BCUT2D eigenvalue weighted by Gasteiger charge is 2.24. The van der Waals surface area contributed by atoms with Gasteiger partial charge in [-0.15, -0.1) is 0 Å². The van der Waals surface area contributed by atoms with Gasteiger partial charge in [0.15, 0.2) is 6.61 Å². The fourth-order valence-electron chi connectivity index (χ4n) is 3.93. The second-order valence-electron chi connectivity index (χ2n) is 7.91. The lowest BCUT2D eigenvalue weighted by molar-refractivity contribution is 0.0186. The molecule has 0 aliphatic carbocycles. The first-order valence-corrected chi connectivity index (χ1v) is 10.8. The molecule has 1 N–H and O–H groups in total. The number of nitriles is 1. The van der Waals surface area contributed by atoms with Gasteiger partial charge < -0.3 is 19.2 Å². The first-order valence-electron chi connectivity index (χ1n) is 10.8. The average molecular weight is 433 g/mol. The minimum atomic E-state index is 0.131. The second kappa shape index (κ2) is 10.3. The second-order valence-corrected chi connectivity index (χ2v) is 7.91. The summed E-state index contributed by atoms with van der Waals surface area (Å²) in [7, 11) is 0. The minimum Gasteiger partial charge on any atom is -0.484 e. The van der Waals surface area contributed by atoms with E-state index in [0.717, 1.165) is 37.6 Å². The van der Waals surface area contributed by atoms with Crippen LogP contribution < -0.4 is 10.1 Å². The summed E-state index contributed by atoms with van der Waals surface area (Å²) in [6, 6.07) is 18.6. The van der Waals surface area contributed by atoms with Gasteiger partial charge in [-0.25, -0.2) is 0 Å². The summed E-state index contributed by atoms with van der Waals surface area (Å²) < 4.78 is 17.2. The summed E-state index contributed by atoms with van der Waals surface area (Å²) in [5, 5.41) is 12.9. The number of ether oxygens (including phenoxy) is 2. The van der Waals surface area contributed by atoms with Gasteiger partial charge in [-0.1, -0.05) is 48.0 Å². The van der Waals surface area contributed by atoms with E-state index in [2.05, 4.69) is 39.5 Å². The third-order valence-electron chi connectivity index (χ3n) is 5.59. The van der Waals surface area contributed by atoms with E-state index in [9.17, 15) is 5.26 Å². The van der Waals surface area contributed by atoms with E-state index in [1.54, 1.807) is 0 Å². The van der Waals surface area contributed by atoms with Crippen molar-refractivity contribution in [2.45, 2.75) is 26.5 Å². The van der Waals surface area contributed by atoms with Crippen LogP contribution in [0.5, 0.6) is 5.75 Å². The Balaban J connectivity index is 1.45. The van der Waals surface area contributed by atoms with E-state index in [1.165, 1.54) is 11.1 Å². The smallest absolute Gasteiger partial charge is 0.236 e. The van der Waals surface area contributed by atoms with E-state index >= 15 is 0 Å². The van der Waals surface area contributed by atoms with Gasteiger partial charge in [-0.3, -0.25) is 4.90 Å². The fraction of sp³-hybridized carbons (Fsp3) is 0.360. The van der Waals surface area contributed by atoms with Crippen molar-refractivity contribution in [2.24, 2.45) is 0 Å². The molecule has 166 valence electrons. The van der Waals surface area contributed by atoms with Crippen molar-refractivity contribution in [1.29, 1.82) is 5.26 Å². The molecule has 1 aromatic heterocycles. The summed E-state index contributed by atoms with van der Waals surface area (Å²) >= 11 is 0. The lowest BCUT2D eigenvalue weighted by Gasteiger charge is -2.34. The highest BCUT2D eigenvalue weighted by molar-refractivity contribution is 5.46. The van der Waals surface area contributed by atoms with Crippen molar-refractivity contribution in [1.82, 2.24) is 9.88 Å². The summed E-state index contributed by atoms with van der Waals surface area (Å²) in [6.07, 6.45) is 0. The predicted octanol–water partition coefficient (Wildman–Crippen LogP) is 4.23. The van der Waals surface area contributed by atoms with Gasteiger partial charge in [0.2, 0.25) is 17.5 Å². The number of nitrogens with zero attached hydrogens (tertiary/aromatic N) is 3. The molecule has 1 saturated heterocycles. The van der Waals surface area contributed by atoms with Crippen LogP contribution in [0.4, 0.5) is 5.88 Å². The number of hydrogen-bond acceptors (Lipinski definition) is 7. The SMILES string of the molecule is Cc1ccc(OCc2nc(C#N)c(NC[C@@H](c3ccccc3)N3CCOCC3)o2)c(C)c1. The zero-order chi connectivity index (χ0) is 22.3. The molecule has 2 heterocycles. The molecule has 0 bridgehead atoms. The molecule has 1 fully saturated rings. The summed E-state index contributed by atoms with van der Waals surface area (Å²) in [5.74, 6) is 1.52. The van der Waals surface area contributed by atoms with Crippen molar-refractivity contribution >= 4 is 5.88 Å². The van der Waals surface area contributed by atoms with Gasteiger partial charge in [0, 0.05) is 19.6 Å². The summed E-state index contributed by atoms with van der Waals surface area (Å²) in [6.45, 7) is 7.94. The normalized spacial score (nSPS) is 15.2. The van der Waals surface area contributed by atoms with E-state index in [1.807, 2.05) is 44.2 Å². The van der Waals surface area contributed by atoms with Crippen molar-refractivity contribution in [3.05, 3.63) is 76.8 Å². The molecule has 0 saturated carbocycles. The Morgan fingerprint density at radius 1 is 1.16 bits per heavy atom. The maximum absolute atomic E-state index is 9.54. The summed E-state index contributed by atoms with van der Waals surface area (Å²) in [4.78, 5) is 6.69. The molecular weight excluding hydrogens is 404 g/mol. The Bertz CT molecular complexity index is 1070. The quantitative estimate of drug-likeness (QED) is 0.570. The third-order valence-corrected chi connectivity index (χ3v) is 5.59. The van der Waals surface area contributed by atoms with Crippen LogP contribution in [0.2, 0.25) is 0 Å². The van der Waals surface area contributed by atoms with E-state index in [4.69, 9.17) is 13.9 Å². The summed E-state index contributed by atoms with van der Waals surface area (Å²) in [5.41, 5.74) is 3.67. The molecule has 1 atom stereocenters. The predicted molar refractivity (Wildman–Crippen MR) is 122 cm³/mol. The molecule has 0 spiro atoms. The molecule has 0 radical (unpaired) electrons. The number of rotatable bonds is 8.